The summed E-state index contributed by atoms with van der Waals surface area (Å²) in [4.78, 5) is 33.0. The van der Waals surface area contributed by atoms with Crippen molar-refractivity contribution >= 4 is 44.9 Å². The SMILES string of the molecule is COc1cccc([C@@H]2C(C(=O)Nc3ccccc3)=C(C)N=c3s/c(=C/c4cc(Br)ccc4OC(C)C)c(=O)n32)c1. The lowest BCUT2D eigenvalue weighted by atomic mass is 9.95. The lowest BCUT2D eigenvalue weighted by molar-refractivity contribution is -0.113. The molecule has 0 saturated carbocycles. The molecule has 0 fully saturated rings. The van der Waals surface area contributed by atoms with E-state index in [1.807, 2.05) is 92.7 Å². The zero-order chi connectivity index (χ0) is 28.4. The van der Waals surface area contributed by atoms with Crippen LogP contribution in [0.15, 0.2) is 98.3 Å². The van der Waals surface area contributed by atoms with Gasteiger partial charge in [-0.3, -0.25) is 14.2 Å². The molecule has 3 aromatic carbocycles. The van der Waals surface area contributed by atoms with E-state index in [4.69, 9.17) is 14.5 Å². The number of hydrogen-bond acceptors (Lipinski definition) is 6. The van der Waals surface area contributed by atoms with Gasteiger partial charge in [0.2, 0.25) is 0 Å². The Morgan fingerprint density at radius 2 is 1.88 bits per heavy atom. The number of anilines is 1. The van der Waals surface area contributed by atoms with Crippen LogP contribution < -0.4 is 29.7 Å². The maximum absolute atomic E-state index is 14.1. The Morgan fingerprint density at radius 1 is 1.10 bits per heavy atom. The number of fused-ring (bicyclic) bond motifs is 1. The predicted octanol–water partition coefficient (Wildman–Crippen LogP) is 5.43. The molecular formula is C31H28BrN3O4S. The Kier molecular flexibility index (Phi) is 8.04. The van der Waals surface area contributed by atoms with Gasteiger partial charge in [0, 0.05) is 15.7 Å². The van der Waals surface area contributed by atoms with Crippen molar-refractivity contribution in [3.8, 4) is 11.5 Å². The third kappa shape index (κ3) is 5.66. The molecule has 1 aliphatic heterocycles. The third-order valence-electron chi connectivity index (χ3n) is 6.33. The summed E-state index contributed by atoms with van der Waals surface area (Å²) < 4.78 is 14.4. The van der Waals surface area contributed by atoms with Crippen LogP contribution in [0.25, 0.3) is 6.08 Å². The Balaban J connectivity index is 1.69. The first-order valence-corrected chi connectivity index (χ1v) is 14.3. The highest BCUT2D eigenvalue weighted by Gasteiger charge is 2.32. The number of aromatic nitrogens is 1. The van der Waals surface area contributed by atoms with E-state index in [2.05, 4.69) is 21.2 Å². The molecule has 0 unspecified atom stereocenters. The summed E-state index contributed by atoms with van der Waals surface area (Å²) in [6.45, 7) is 5.71. The van der Waals surface area contributed by atoms with Crippen LogP contribution in [0.4, 0.5) is 5.69 Å². The molecular weight excluding hydrogens is 590 g/mol. The molecule has 0 spiro atoms. The van der Waals surface area contributed by atoms with E-state index < -0.39 is 6.04 Å². The van der Waals surface area contributed by atoms with Crippen molar-refractivity contribution in [1.82, 2.24) is 4.57 Å². The Morgan fingerprint density at radius 3 is 2.60 bits per heavy atom. The first-order chi connectivity index (χ1) is 19.2. The number of benzene rings is 3. The van der Waals surface area contributed by atoms with E-state index in [0.29, 0.717) is 37.8 Å². The monoisotopic (exact) mass is 617 g/mol. The standard InChI is InChI=1S/C31H28BrN3O4S/c1-18(2)39-25-14-13-22(32)15-21(25)17-26-30(37)35-28(20-9-8-12-24(16-20)38-4)27(19(3)33-31(35)40-26)29(36)34-23-10-6-5-7-11-23/h5-18,28H,1-4H3,(H,34,36)/b26-17+/t28-/m1/s1. The minimum Gasteiger partial charge on any atom is -0.497 e. The topological polar surface area (TPSA) is 81.9 Å². The van der Waals surface area contributed by atoms with E-state index in [0.717, 1.165) is 15.6 Å². The van der Waals surface area contributed by atoms with E-state index in [-0.39, 0.29) is 17.6 Å². The second-order valence-electron chi connectivity index (χ2n) is 9.53. The number of thiazole rings is 1. The summed E-state index contributed by atoms with van der Waals surface area (Å²) >= 11 is 4.81. The van der Waals surface area contributed by atoms with Gasteiger partial charge in [-0.25, -0.2) is 4.99 Å². The molecule has 40 heavy (non-hydrogen) atoms. The molecule has 0 aliphatic carbocycles. The van der Waals surface area contributed by atoms with Crippen LogP contribution in [0, 0.1) is 0 Å². The Hall–Kier alpha value is -3.95. The van der Waals surface area contributed by atoms with Crippen molar-refractivity contribution in [2.24, 2.45) is 4.99 Å². The molecule has 9 heteroatoms. The van der Waals surface area contributed by atoms with Crippen LogP contribution in [0.2, 0.25) is 0 Å². The largest absolute Gasteiger partial charge is 0.497 e. The molecule has 7 nitrogen and oxygen atoms in total. The summed E-state index contributed by atoms with van der Waals surface area (Å²) in [5, 5.41) is 2.97. The van der Waals surface area contributed by atoms with Gasteiger partial charge in [-0.05, 0) is 74.9 Å². The third-order valence-corrected chi connectivity index (χ3v) is 7.80. The fourth-order valence-corrected chi connectivity index (χ4v) is 6.01. The highest BCUT2D eigenvalue weighted by Crippen LogP contribution is 2.32. The number of allylic oxidation sites excluding steroid dienone is 1. The van der Waals surface area contributed by atoms with Crippen LogP contribution >= 0.6 is 27.3 Å². The molecule has 0 saturated heterocycles. The van der Waals surface area contributed by atoms with Crippen LogP contribution in [-0.4, -0.2) is 23.7 Å². The number of nitrogens with one attached hydrogen (secondary N) is 1. The van der Waals surface area contributed by atoms with Gasteiger partial charge >= 0.3 is 0 Å². The normalized spacial score (nSPS) is 15.1. The van der Waals surface area contributed by atoms with Crippen LogP contribution in [0.1, 0.15) is 37.9 Å². The van der Waals surface area contributed by atoms with E-state index >= 15 is 0 Å². The first-order valence-electron chi connectivity index (χ1n) is 12.7. The summed E-state index contributed by atoms with van der Waals surface area (Å²) in [6.07, 6.45) is 1.79. The number of halogens is 1. The number of amides is 1. The zero-order valence-corrected chi connectivity index (χ0v) is 24.9. The Labute approximate surface area is 244 Å². The zero-order valence-electron chi connectivity index (χ0n) is 22.5. The van der Waals surface area contributed by atoms with E-state index in [1.54, 1.807) is 18.6 Å². The van der Waals surface area contributed by atoms with Gasteiger partial charge in [0.1, 0.15) is 11.5 Å². The molecule has 0 bridgehead atoms. The maximum Gasteiger partial charge on any atom is 0.271 e. The number of carbonyl (C=O) groups excluding carboxylic acids is 1. The van der Waals surface area contributed by atoms with Crippen molar-refractivity contribution in [2.75, 3.05) is 12.4 Å². The number of rotatable bonds is 7. The minimum absolute atomic E-state index is 0.0315. The molecule has 1 amide bonds. The van der Waals surface area contributed by atoms with Crippen molar-refractivity contribution in [3.63, 3.8) is 0 Å². The molecule has 1 aliphatic rings. The molecule has 0 radical (unpaired) electrons. The van der Waals surface area contributed by atoms with Gasteiger partial charge in [-0.1, -0.05) is 57.6 Å². The van der Waals surface area contributed by atoms with Crippen molar-refractivity contribution in [3.05, 3.63) is 119 Å². The number of carbonyl (C=O) groups is 1. The van der Waals surface area contributed by atoms with Gasteiger partial charge in [0.05, 0.1) is 35.1 Å². The van der Waals surface area contributed by atoms with Crippen molar-refractivity contribution in [2.45, 2.75) is 32.9 Å². The second-order valence-corrected chi connectivity index (χ2v) is 11.5. The molecule has 1 atom stereocenters. The quantitative estimate of drug-likeness (QED) is 0.300. The van der Waals surface area contributed by atoms with Crippen molar-refractivity contribution in [1.29, 1.82) is 0 Å². The number of nitrogens with zero attached hydrogens (tertiary/aromatic N) is 2. The van der Waals surface area contributed by atoms with Gasteiger partial charge in [0.15, 0.2) is 4.80 Å². The molecule has 204 valence electrons. The number of hydrogen-bond donors (Lipinski definition) is 1. The molecule has 5 rings (SSSR count). The summed E-state index contributed by atoms with van der Waals surface area (Å²) in [5.41, 5.74) is 2.85. The average Bonchev–Trinajstić information content (AvgIpc) is 3.23. The summed E-state index contributed by atoms with van der Waals surface area (Å²) in [7, 11) is 1.59. The van der Waals surface area contributed by atoms with Gasteiger partial charge < -0.3 is 14.8 Å². The molecule has 4 aromatic rings. The average molecular weight is 619 g/mol. The summed E-state index contributed by atoms with van der Waals surface area (Å²) in [5.74, 6) is 0.975. The number of ether oxygens (including phenoxy) is 2. The fourth-order valence-electron chi connectivity index (χ4n) is 4.59. The highest BCUT2D eigenvalue weighted by molar-refractivity contribution is 9.10. The van der Waals surface area contributed by atoms with Gasteiger partial charge in [0.25, 0.3) is 11.5 Å². The molecule has 1 aromatic heterocycles. The van der Waals surface area contributed by atoms with E-state index in [9.17, 15) is 9.59 Å². The maximum atomic E-state index is 14.1. The molecule has 2 heterocycles. The smallest absolute Gasteiger partial charge is 0.271 e. The van der Waals surface area contributed by atoms with Crippen LogP contribution in [0.3, 0.4) is 0 Å². The lowest BCUT2D eigenvalue weighted by Gasteiger charge is -2.25. The lowest BCUT2D eigenvalue weighted by Crippen LogP contribution is -2.40. The summed E-state index contributed by atoms with van der Waals surface area (Å²) in [6, 6.07) is 21.6. The first kappa shape index (κ1) is 27.6. The molecule has 1 N–H and O–H groups in total. The van der Waals surface area contributed by atoms with E-state index in [1.165, 1.54) is 11.3 Å². The predicted molar refractivity (Wildman–Crippen MR) is 162 cm³/mol. The van der Waals surface area contributed by atoms with Crippen LogP contribution in [0.5, 0.6) is 11.5 Å². The number of methoxy groups -OCH3 is 1. The second kappa shape index (κ2) is 11.7. The fraction of sp³-hybridized carbons (Fsp3) is 0.194. The number of para-hydroxylation sites is 1. The van der Waals surface area contributed by atoms with Gasteiger partial charge in [-0.15, -0.1) is 0 Å². The highest BCUT2D eigenvalue weighted by atomic mass is 79.9. The minimum atomic E-state index is -0.703. The van der Waals surface area contributed by atoms with Crippen molar-refractivity contribution < 1.29 is 14.3 Å². The Bertz CT molecular complexity index is 1790. The van der Waals surface area contributed by atoms with Gasteiger partial charge in [-0.2, -0.15) is 0 Å². The van der Waals surface area contributed by atoms with Crippen LogP contribution in [-0.2, 0) is 4.79 Å².